The average Bonchev–Trinajstić information content (AvgIpc) is 3.38. The van der Waals surface area contributed by atoms with Crippen molar-refractivity contribution in [1.29, 1.82) is 0 Å². The molecule has 0 saturated carbocycles. The molecule has 3 heterocycles. The van der Waals surface area contributed by atoms with E-state index in [0.29, 0.717) is 28.9 Å². The molecule has 1 aliphatic heterocycles. The number of rotatable bonds is 9. The van der Waals surface area contributed by atoms with Gasteiger partial charge in [0, 0.05) is 46.8 Å². The number of carbonyl (C=O) groups excluding carboxylic acids is 1. The Kier molecular flexibility index (Phi) is 8.46. The minimum absolute atomic E-state index is 0.146. The van der Waals surface area contributed by atoms with Gasteiger partial charge >= 0.3 is 0 Å². The number of pyridine rings is 2. The predicted octanol–water partition coefficient (Wildman–Crippen LogP) is 6.85. The van der Waals surface area contributed by atoms with Gasteiger partial charge in [0.25, 0.3) is 0 Å². The van der Waals surface area contributed by atoms with E-state index in [1.165, 1.54) is 0 Å². The number of benzene rings is 2. The van der Waals surface area contributed by atoms with Gasteiger partial charge in [0.15, 0.2) is 0 Å². The summed E-state index contributed by atoms with van der Waals surface area (Å²) >= 11 is 13.9. The first-order chi connectivity index (χ1) is 19.0. The van der Waals surface area contributed by atoms with Crippen LogP contribution in [0.2, 0.25) is 10.0 Å². The van der Waals surface area contributed by atoms with E-state index in [2.05, 4.69) is 10.3 Å². The highest BCUT2D eigenvalue weighted by molar-refractivity contribution is 6.39. The van der Waals surface area contributed by atoms with Crippen LogP contribution in [0.5, 0.6) is 5.88 Å². The molecule has 0 radical (unpaired) electrons. The van der Waals surface area contributed by atoms with E-state index in [-0.39, 0.29) is 11.9 Å². The van der Waals surface area contributed by atoms with Crippen molar-refractivity contribution < 1.29 is 9.53 Å². The lowest BCUT2D eigenvalue weighted by Gasteiger charge is -2.15. The summed E-state index contributed by atoms with van der Waals surface area (Å²) in [5, 5.41) is 4.15. The summed E-state index contributed by atoms with van der Waals surface area (Å²) < 4.78 is 5.64. The van der Waals surface area contributed by atoms with Gasteiger partial charge in [0.2, 0.25) is 11.8 Å². The van der Waals surface area contributed by atoms with Crippen LogP contribution in [-0.4, -0.2) is 29.0 Å². The van der Waals surface area contributed by atoms with Crippen LogP contribution in [0.1, 0.15) is 36.9 Å². The van der Waals surface area contributed by atoms with Crippen molar-refractivity contribution >= 4 is 29.1 Å². The minimum Gasteiger partial charge on any atom is -0.481 e. The highest BCUT2D eigenvalue weighted by atomic mass is 35.5. The Bertz CT molecular complexity index is 1510. The van der Waals surface area contributed by atoms with Crippen LogP contribution >= 0.6 is 23.2 Å². The summed E-state index contributed by atoms with van der Waals surface area (Å²) in [6, 6.07) is 21.7. The first-order valence-corrected chi connectivity index (χ1v) is 13.8. The van der Waals surface area contributed by atoms with Gasteiger partial charge in [-0.2, -0.15) is 0 Å². The van der Waals surface area contributed by atoms with Crippen molar-refractivity contribution in [1.82, 2.24) is 15.3 Å². The van der Waals surface area contributed by atoms with Gasteiger partial charge in [0.05, 0.1) is 34.2 Å². The molecule has 3 N–H and O–H groups in total. The third kappa shape index (κ3) is 5.93. The maximum Gasteiger partial charge on any atom is 0.220 e. The molecule has 4 aromatic rings. The number of ether oxygens (including phenoxy) is 1. The molecule has 2 aromatic heterocycles. The van der Waals surface area contributed by atoms with E-state index in [4.69, 9.17) is 38.7 Å². The molecule has 2 aromatic carbocycles. The number of hydrogen-bond acceptors (Lipinski definition) is 5. The summed E-state index contributed by atoms with van der Waals surface area (Å²) in [5.41, 5.74) is 12.3. The molecule has 1 amide bonds. The standard InChI is InChI=1S/C31H30Cl2N4O2/c1-39-31-19(6-2-7-20-15-17-28(38)36-20)14-16-27(37-31)25-12-5-10-23(30(25)33)22-9-4-11-24(29(22)32)26-13-3-8-21(18-34)35-26/h3-5,8-14,16,20H,2,6-7,15,17-18,34H2,1H3,(H,36,38)/t20-/m1/s1. The number of nitrogens with one attached hydrogen (secondary N) is 1. The lowest BCUT2D eigenvalue weighted by molar-refractivity contribution is -0.119. The normalized spacial score (nSPS) is 14.9. The van der Waals surface area contributed by atoms with Gasteiger partial charge in [-0.1, -0.05) is 71.7 Å². The number of carbonyl (C=O) groups is 1. The van der Waals surface area contributed by atoms with E-state index < -0.39 is 0 Å². The van der Waals surface area contributed by atoms with Gasteiger partial charge in [-0.15, -0.1) is 0 Å². The van der Waals surface area contributed by atoms with Gasteiger partial charge in [0.1, 0.15) is 0 Å². The van der Waals surface area contributed by atoms with Crippen molar-refractivity contribution in [2.45, 2.75) is 44.7 Å². The smallest absolute Gasteiger partial charge is 0.220 e. The lowest BCUT2D eigenvalue weighted by atomic mass is 9.98. The molecule has 8 heteroatoms. The molecule has 1 atom stereocenters. The van der Waals surface area contributed by atoms with Gasteiger partial charge in [-0.25, -0.2) is 4.98 Å². The molecule has 0 unspecified atom stereocenters. The first kappa shape index (κ1) is 27.1. The maximum atomic E-state index is 11.5. The second-order valence-electron chi connectivity index (χ2n) is 9.61. The Hall–Kier alpha value is -3.45. The summed E-state index contributed by atoms with van der Waals surface area (Å²) in [7, 11) is 1.63. The van der Waals surface area contributed by atoms with Crippen molar-refractivity contribution in [2.75, 3.05) is 7.11 Å². The third-order valence-electron chi connectivity index (χ3n) is 7.07. The van der Waals surface area contributed by atoms with Crippen LogP contribution in [0.4, 0.5) is 0 Å². The molecule has 1 saturated heterocycles. The zero-order valence-electron chi connectivity index (χ0n) is 21.7. The van der Waals surface area contributed by atoms with Crippen LogP contribution in [0.3, 0.4) is 0 Å². The van der Waals surface area contributed by atoms with Crippen molar-refractivity contribution in [2.24, 2.45) is 5.73 Å². The molecule has 200 valence electrons. The molecule has 1 fully saturated rings. The fraction of sp³-hybridized carbons (Fsp3) is 0.258. The number of aryl methyl sites for hydroxylation is 1. The zero-order chi connectivity index (χ0) is 27.4. The van der Waals surface area contributed by atoms with Gasteiger partial charge in [-0.05, 0) is 43.9 Å². The summed E-state index contributed by atoms with van der Waals surface area (Å²) in [6.07, 6.45) is 4.23. The molecular weight excluding hydrogens is 531 g/mol. The van der Waals surface area contributed by atoms with E-state index in [1.54, 1.807) is 7.11 Å². The second-order valence-corrected chi connectivity index (χ2v) is 10.4. The topological polar surface area (TPSA) is 90.1 Å². The largest absolute Gasteiger partial charge is 0.481 e. The van der Waals surface area contributed by atoms with E-state index >= 15 is 0 Å². The molecule has 5 rings (SSSR count). The van der Waals surface area contributed by atoms with Crippen LogP contribution in [0.15, 0.2) is 66.7 Å². The van der Waals surface area contributed by atoms with Crippen LogP contribution < -0.4 is 15.8 Å². The molecule has 0 aliphatic carbocycles. The van der Waals surface area contributed by atoms with Crippen LogP contribution in [0, 0.1) is 0 Å². The quantitative estimate of drug-likeness (QED) is 0.233. The minimum atomic E-state index is 0.146. The monoisotopic (exact) mass is 560 g/mol. The van der Waals surface area contributed by atoms with Crippen LogP contribution in [0.25, 0.3) is 33.6 Å². The second kappa shape index (κ2) is 12.2. The number of hydrogen-bond donors (Lipinski definition) is 2. The van der Waals surface area contributed by atoms with E-state index in [0.717, 1.165) is 70.6 Å². The number of methoxy groups -OCH3 is 1. The summed E-state index contributed by atoms with van der Waals surface area (Å²) in [5.74, 6) is 0.725. The number of halogens is 2. The average molecular weight is 562 g/mol. The summed E-state index contributed by atoms with van der Waals surface area (Å²) in [6.45, 7) is 0.354. The zero-order valence-corrected chi connectivity index (χ0v) is 23.2. The highest BCUT2D eigenvalue weighted by Gasteiger charge is 2.21. The number of amides is 1. The summed E-state index contributed by atoms with van der Waals surface area (Å²) in [4.78, 5) is 20.9. The SMILES string of the molecule is COc1nc(-c2cccc(-c3cccc(-c4cccc(CN)n4)c3Cl)c2Cl)ccc1CCC[C@@H]1CCC(=O)N1. The molecule has 0 bridgehead atoms. The molecule has 1 aliphatic rings. The molecule has 0 spiro atoms. The highest BCUT2D eigenvalue weighted by Crippen LogP contribution is 2.42. The number of nitrogens with zero attached hydrogens (tertiary/aromatic N) is 2. The van der Waals surface area contributed by atoms with Crippen LogP contribution in [-0.2, 0) is 17.8 Å². The Morgan fingerprint density at radius 1 is 0.897 bits per heavy atom. The fourth-order valence-corrected chi connectivity index (χ4v) is 5.69. The van der Waals surface area contributed by atoms with Crippen molar-refractivity contribution in [3.8, 4) is 39.5 Å². The Balaban J connectivity index is 1.42. The van der Waals surface area contributed by atoms with Crippen molar-refractivity contribution in [3.05, 3.63) is 88.0 Å². The number of aromatic nitrogens is 2. The van der Waals surface area contributed by atoms with Gasteiger partial charge < -0.3 is 15.8 Å². The molecule has 6 nitrogen and oxygen atoms in total. The third-order valence-corrected chi connectivity index (χ3v) is 7.89. The first-order valence-electron chi connectivity index (χ1n) is 13.1. The lowest BCUT2D eigenvalue weighted by Crippen LogP contribution is -2.25. The Labute approximate surface area is 238 Å². The predicted molar refractivity (Wildman–Crippen MR) is 157 cm³/mol. The Morgan fingerprint density at radius 2 is 1.54 bits per heavy atom. The van der Waals surface area contributed by atoms with Crippen molar-refractivity contribution in [3.63, 3.8) is 0 Å². The molecular formula is C31H30Cl2N4O2. The molecule has 39 heavy (non-hydrogen) atoms. The fourth-order valence-electron chi connectivity index (χ4n) is 5.04. The number of nitrogens with two attached hydrogens (primary N) is 1. The van der Waals surface area contributed by atoms with E-state index in [9.17, 15) is 4.79 Å². The van der Waals surface area contributed by atoms with E-state index in [1.807, 2.05) is 66.7 Å². The maximum absolute atomic E-state index is 11.5. The Morgan fingerprint density at radius 3 is 2.15 bits per heavy atom. The van der Waals surface area contributed by atoms with Gasteiger partial charge in [-0.3, -0.25) is 9.78 Å².